The Hall–Kier alpha value is -2.95. The summed E-state index contributed by atoms with van der Waals surface area (Å²) in [5.41, 5.74) is 0.868. The van der Waals surface area contributed by atoms with Crippen LogP contribution < -0.4 is 14.2 Å². The van der Waals surface area contributed by atoms with Gasteiger partial charge in [0.2, 0.25) is 5.91 Å². The predicted octanol–water partition coefficient (Wildman–Crippen LogP) is 3.64. The Balaban J connectivity index is 1.87. The minimum atomic E-state index is -0.0884. The van der Waals surface area contributed by atoms with Gasteiger partial charge < -0.3 is 19.1 Å². The van der Waals surface area contributed by atoms with E-state index in [9.17, 15) is 4.79 Å². The SMILES string of the molecule is CCOc1ccc(/C=C/C(=O)N(C)CCOc2ccccc2)cc1OC. The normalized spacial score (nSPS) is 10.6. The number of carbonyl (C=O) groups excluding carboxylic acids is 1. The summed E-state index contributed by atoms with van der Waals surface area (Å²) in [5.74, 6) is 2.04. The van der Waals surface area contributed by atoms with Gasteiger partial charge in [0.1, 0.15) is 12.4 Å². The number of hydrogen-bond donors (Lipinski definition) is 0. The zero-order valence-electron chi connectivity index (χ0n) is 15.5. The van der Waals surface area contributed by atoms with Gasteiger partial charge in [-0.25, -0.2) is 0 Å². The maximum absolute atomic E-state index is 12.2. The maximum atomic E-state index is 12.2. The van der Waals surface area contributed by atoms with E-state index in [4.69, 9.17) is 14.2 Å². The summed E-state index contributed by atoms with van der Waals surface area (Å²) in [6.45, 7) is 3.44. The van der Waals surface area contributed by atoms with E-state index in [0.717, 1.165) is 11.3 Å². The zero-order chi connectivity index (χ0) is 18.8. The molecule has 0 aliphatic heterocycles. The Morgan fingerprint density at radius 2 is 1.85 bits per heavy atom. The lowest BCUT2D eigenvalue weighted by molar-refractivity contribution is -0.125. The molecule has 1 amide bonds. The van der Waals surface area contributed by atoms with E-state index in [-0.39, 0.29) is 5.91 Å². The Bertz CT molecular complexity index is 728. The van der Waals surface area contributed by atoms with Crippen molar-refractivity contribution in [3.63, 3.8) is 0 Å². The predicted molar refractivity (Wildman–Crippen MR) is 103 cm³/mol. The number of nitrogens with zero attached hydrogens (tertiary/aromatic N) is 1. The lowest BCUT2D eigenvalue weighted by Gasteiger charge is -2.15. The highest BCUT2D eigenvalue weighted by Crippen LogP contribution is 2.28. The maximum Gasteiger partial charge on any atom is 0.246 e. The minimum absolute atomic E-state index is 0.0884. The third kappa shape index (κ3) is 5.84. The van der Waals surface area contributed by atoms with Crippen molar-refractivity contribution in [2.75, 3.05) is 33.9 Å². The van der Waals surface area contributed by atoms with Gasteiger partial charge in [-0.2, -0.15) is 0 Å². The molecule has 0 radical (unpaired) electrons. The molecule has 0 saturated heterocycles. The molecule has 2 aromatic rings. The lowest BCUT2D eigenvalue weighted by Crippen LogP contribution is -2.29. The van der Waals surface area contributed by atoms with Crippen LogP contribution in [-0.4, -0.2) is 44.7 Å². The van der Waals surface area contributed by atoms with Crippen LogP contribution in [0.1, 0.15) is 12.5 Å². The van der Waals surface area contributed by atoms with Gasteiger partial charge in [-0.05, 0) is 42.8 Å². The first-order valence-electron chi connectivity index (χ1n) is 8.56. The summed E-state index contributed by atoms with van der Waals surface area (Å²) >= 11 is 0. The fourth-order valence-corrected chi connectivity index (χ4v) is 2.28. The van der Waals surface area contributed by atoms with Gasteiger partial charge in [0.15, 0.2) is 11.5 Å². The largest absolute Gasteiger partial charge is 0.493 e. The lowest BCUT2D eigenvalue weighted by atomic mass is 10.2. The number of benzene rings is 2. The molecular weight excluding hydrogens is 330 g/mol. The molecule has 0 fully saturated rings. The molecule has 0 spiro atoms. The molecule has 0 bridgehead atoms. The van der Waals surface area contributed by atoms with Gasteiger partial charge >= 0.3 is 0 Å². The summed E-state index contributed by atoms with van der Waals surface area (Å²) in [7, 11) is 3.34. The summed E-state index contributed by atoms with van der Waals surface area (Å²) in [6.07, 6.45) is 3.30. The van der Waals surface area contributed by atoms with Crippen molar-refractivity contribution in [2.24, 2.45) is 0 Å². The molecule has 26 heavy (non-hydrogen) atoms. The van der Waals surface area contributed by atoms with Crippen molar-refractivity contribution in [1.82, 2.24) is 4.90 Å². The van der Waals surface area contributed by atoms with Crippen molar-refractivity contribution in [3.05, 3.63) is 60.2 Å². The molecule has 0 unspecified atom stereocenters. The molecule has 2 rings (SSSR count). The van der Waals surface area contributed by atoms with Gasteiger partial charge in [0.25, 0.3) is 0 Å². The van der Waals surface area contributed by atoms with Crippen LogP contribution in [0.15, 0.2) is 54.6 Å². The summed E-state index contributed by atoms with van der Waals surface area (Å²) < 4.78 is 16.4. The van der Waals surface area contributed by atoms with Crippen LogP contribution in [0.5, 0.6) is 17.2 Å². The standard InChI is InChI=1S/C21H25NO4/c1-4-25-19-12-10-17(16-20(19)24-3)11-13-21(23)22(2)14-15-26-18-8-6-5-7-9-18/h5-13,16H,4,14-15H2,1-3H3/b13-11+. The number of ether oxygens (including phenoxy) is 3. The van der Waals surface area contributed by atoms with Crippen LogP contribution in [0.2, 0.25) is 0 Å². The number of likely N-dealkylation sites (N-methyl/N-ethyl adjacent to an activating group) is 1. The number of carbonyl (C=O) groups is 1. The molecule has 0 aliphatic rings. The van der Waals surface area contributed by atoms with E-state index >= 15 is 0 Å². The van der Waals surface area contributed by atoms with Crippen molar-refractivity contribution < 1.29 is 19.0 Å². The molecule has 5 nitrogen and oxygen atoms in total. The van der Waals surface area contributed by atoms with Gasteiger partial charge in [0, 0.05) is 13.1 Å². The second-order valence-electron chi connectivity index (χ2n) is 5.60. The zero-order valence-corrected chi connectivity index (χ0v) is 15.5. The topological polar surface area (TPSA) is 48.0 Å². The van der Waals surface area contributed by atoms with E-state index in [1.165, 1.54) is 6.08 Å². The molecule has 0 N–H and O–H groups in total. The fraction of sp³-hybridized carbons (Fsp3) is 0.286. The average molecular weight is 355 g/mol. The Kier molecular flexibility index (Phi) is 7.55. The van der Waals surface area contributed by atoms with Crippen LogP contribution >= 0.6 is 0 Å². The van der Waals surface area contributed by atoms with Crippen LogP contribution in [0.3, 0.4) is 0 Å². The van der Waals surface area contributed by atoms with Crippen molar-refractivity contribution in [2.45, 2.75) is 6.92 Å². The molecule has 138 valence electrons. The van der Waals surface area contributed by atoms with E-state index in [0.29, 0.717) is 31.3 Å². The highest BCUT2D eigenvalue weighted by molar-refractivity contribution is 5.91. The third-order valence-electron chi connectivity index (χ3n) is 3.72. The van der Waals surface area contributed by atoms with Gasteiger partial charge in [0.05, 0.1) is 20.3 Å². The second-order valence-corrected chi connectivity index (χ2v) is 5.60. The van der Waals surface area contributed by atoms with Gasteiger partial charge in [-0.1, -0.05) is 24.3 Å². The molecule has 2 aromatic carbocycles. The highest BCUT2D eigenvalue weighted by Gasteiger charge is 2.07. The van der Waals surface area contributed by atoms with Gasteiger partial charge in [-0.15, -0.1) is 0 Å². The number of amides is 1. The number of hydrogen-bond acceptors (Lipinski definition) is 4. The number of methoxy groups -OCH3 is 1. The molecular formula is C21H25NO4. The summed E-state index contributed by atoms with van der Waals surface area (Å²) in [5, 5.41) is 0. The second kappa shape index (κ2) is 10.1. The van der Waals surface area contributed by atoms with E-state index in [2.05, 4.69) is 0 Å². The minimum Gasteiger partial charge on any atom is -0.493 e. The highest BCUT2D eigenvalue weighted by atomic mass is 16.5. The molecule has 0 heterocycles. The molecule has 5 heteroatoms. The Morgan fingerprint density at radius 1 is 1.08 bits per heavy atom. The van der Waals surface area contributed by atoms with Gasteiger partial charge in [-0.3, -0.25) is 4.79 Å². The van der Waals surface area contributed by atoms with Crippen LogP contribution in [0, 0.1) is 0 Å². The van der Waals surface area contributed by atoms with Crippen LogP contribution in [0.4, 0.5) is 0 Å². The molecule has 0 saturated carbocycles. The monoisotopic (exact) mass is 355 g/mol. The molecule has 0 atom stereocenters. The molecule has 0 aromatic heterocycles. The Labute approximate surface area is 154 Å². The number of para-hydroxylation sites is 1. The van der Waals surface area contributed by atoms with Crippen molar-refractivity contribution in [3.8, 4) is 17.2 Å². The first kappa shape index (κ1) is 19.4. The summed E-state index contributed by atoms with van der Waals surface area (Å²) in [6, 6.07) is 15.1. The fourth-order valence-electron chi connectivity index (χ4n) is 2.28. The average Bonchev–Trinajstić information content (AvgIpc) is 2.67. The molecule has 0 aliphatic carbocycles. The van der Waals surface area contributed by atoms with Crippen LogP contribution in [0.25, 0.3) is 6.08 Å². The van der Waals surface area contributed by atoms with E-state index in [1.807, 2.05) is 55.5 Å². The Morgan fingerprint density at radius 3 is 2.54 bits per heavy atom. The van der Waals surface area contributed by atoms with Crippen molar-refractivity contribution >= 4 is 12.0 Å². The first-order chi connectivity index (χ1) is 12.6. The quantitative estimate of drug-likeness (QED) is 0.644. The third-order valence-corrected chi connectivity index (χ3v) is 3.72. The number of rotatable bonds is 9. The van der Waals surface area contributed by atoms with Crippen molar-refractivity contribution in [1.29, 1.82) is 0 Å². The van der Waals surface area contributed by atoms with E-state index in [1.54, 1.807) is 25.1 Å². The van der Waals surface area contributed by atoms with E-state index < -0.39 is 0 Å². The van der Waals surface area contributed by atoms with Crippen LogP contribution in [-0.2, 0) is 4.79 Å². The first-order valence-corrected chi connectivity index (χ1v) is 8.56. The smallest absolute Gasteiger partial charge is 0.246 e. The summed E-state index contributed by atoms with van der Waals surface area (Å²) in [4.78, 5) is 13.8.